The molecular weight excluding hydrogens is 366 g/mol. The van der Waals surface area contributed by atoms with Crippen molar-refractivity contribution in [2.75, 3.05) is 32.6 Å². The van der Waals surface area contributed by atoms with Crippen molar-refractivity contribution >= 4 is 22.4 Å². The molecule has 3 rings (SSSR count). The van der Waals surface area contributed by atoms with Crippen LogP contribution in [0.25, 0.3) is 10.8 Å². The van der Waals surface area contributed by atoms with Crippen molar-refractivity contribution in [1.82, 2.24) is 14.7 Å². The molecule has 0 saturated heterocycles. The number of carbonyl (C=O) groups is 1. The number of fused-ring (bicyclic) bond motifs is 1. The van der Waals surface area contributed by atoms with Crippen LogP contribution in [-0.4, -0.2) is 47.8 Å². The number of ether oxygens (including phenoxy) is 1. The minimum absolute atomic E-state index is 0.200. The number of likely N-dealkylation sites (N-methyl/N-ethyl adjacent to an activating group) is 1. The zero-order chi connectivity index (χ0) is 20.6. The number of amides is 1. The first-order chi connectivity index (χ1) is 14.1. The number of anilines is 1. The lowest BCUT2D eigenvalue weighted by atomic mass is 10.1. The lowest BCUT2D eigenvalue weighted by Crippen LogP contribution is -2.18. The van der Waals surface area contributed by atoms with Crippen molar-refractivity contribution in [2.24, 2.45) is 0 Å². The Bertz CT molecular complexity index is 1020. The highest BCUT2D eigenvalue weighted by Crippen LogP contribution is 2.32. The van der Waals surface area contributed by atoms with Gasteiger partial charge in [-0.15, -0.1) is 0 Å². The van der Waals surface area contributed by atoms with E-state index >= 15 is 0 Å². The molecule has 2 aromatic carbocycles. The van der Waals surface area contributed by atoms with Gasteiger partial charge in [0.15, 0.2) is 0 Å². The molecule has 0 spiro atoms. The van der Waals surface area contributed by atoms with Crippen molar-refractivity contribution in [1.29, 1.82) is 5.26 Å². The third kappa shape index (κ3) is 5.33. The van der Waals surface area contributed by atoms with Crippen molar-refractivity contribution in [3.05, 3.63) is 54.4 Å². The molecule has 1 aromatic heterocycles. The molecule has 150 valence electrons. The average Bonchev–Trinajstić information content (AvgIpc) is 3.20. The number of nitrogens with one attached hydrogen (secondary N) is 1. The van der Waals surface area contributed by atoms with E-state index in [1.165, 1.54) is 0 Å². The first-order valence-electron chi connectivity index (χ1n) is 9.58. The zero-order valence-corrected chi connectivity index (χ0v) is 16.8. The van der Waals surface area contributed by atoms with Crippen molar-refractivity contribution in [3.63, 3.8) is 0 Å². The van der Waals surface area contributed by atoms with Gasteiger partial charge in [-0.25, -0.2) is 0 Å². The van der Waals surface area contributed by atoms with Gasteiger partial charge in [0.25, 0.3) is 5.91 Å². The molecule has 1 amide bonds. The van der Waals surface area contributed by atoms with Crippen LogP contribution in [0.3, 0.4) is 0 Å². The third-order valence-corrected chi connectivity index (χ3v) is 4.49. The first-order valence-corrected chi connectivity index (χ1v) is 9.58. The van der Waals surface area contributed by atoms with E-state index in [4.69, 9.17) is 10.00 Å². The number of hydrogen-bond acceptors (Lipinski definition) is 5. The fourth-order valence-corrected chi connectivity index (χ4v) is 2.94. The standard InChI is InChI=1S/C22H25N5O2/c1-26(2)12-13-27-16-17(15-24-27)22(28)25-20-9-10-21(29-14-6-5-11-23)19-8-4-3-7-18(19)20/h3-4,7-10,15-16H,5-6,12-14H2,1-2H3,(H,25,28). The number of aromatic nitrogens is 2. The molecule has 0 fully saturated rings. The normalized spacial score (nSPS) is 10.8. The Hall–Kier alpha value is -3.37. The maximum atomic E-state index is 12.7. The fraction of sp³-hybridized carbons (Fsp3) is 0.318. The minimum Gasteiger partial charge on any atom is -0.493 e. The number of benzene rings is 2. The summed E-state index contributed by atoms with van der Waals surface area (Å²) in [7, 11) is 4.00. The van der Waals surface area contributed by atoms with Gasteiger partial charge in [0.1, 0.15) is 5.75 Å². The third-order valence-electron chi connectivity index (χ3n) is 4.49. The van der Waals surface area contributed by atoms with E-state index in [2.05, 4.69) is 21.4 Å². The number of carbonyl (C=O) groups excluding carboxylic acids is 1. The second-order valence-electron chi connectivity index (χ2n) is 7.02. The van der Waals surface area contributed by atoms with Crippen LogP contribution in [0.5, 0.6) is 5.75 Å². The summed E-state index contributed by atoms with van der Waals surface area (Å²) in [5, 5.41) is 17.7. The molecule has 7 nitrogen and oxygen atoms in total. The van der Waals surface area contributed by atoms with Crippen LogP contribution < -0.4 is 10.1 Å². The molecule has 0 saturated carbocycles. The van der Waals surface area contributed by atoms with Crippen LogP contribution in [0.15, 0.2) is 48.8 Å². The molecule has 0 radical (unpaired) electrons. The SMILES string of the molecule is CN(C)CCn1cc(C(=O)Nc2ccc(OCCCC#N)c3ccccc23)cn1. The van der Waals surface area contributed by atoms with Crippen LogP contribution in [0.4, 0.5) is 5.69 Å². The van der Waals surface area contributed by atoms with Gasteiger partial charge in [-0.2, -0.15) is 10.4 Å². The van der Waals surface area contributed by atoms with Crippen molar-refractivity contribution < 1.29 is 9.53 Å². The molecule has 0 atom stereocenters. The Balaban J connectivity index is 1.75. The summed E-state index contributed by atoms with van der Waals surface area (Å²) in [6.45, 7) is 2.06. The van der Waals surface area contributed by atoms with Gasteiger partial charge in [-0.1, -0.05) is 24.3 Å². The Kier molecular flexibility index (Phi) is 6.82. The van der Waals surface area contributed by atoms with Gasteiger partial charge in [0.2, 0.25) is 0 Å². The molecule has 1 N–H and O–H groups in total. The van der Waals surface area contributed by atoms with Crippen LogP contribution in [0.2, 0.25) is 0 Å². The highest BCUT2D eigenvalue weighted by molar-refractivity contribution is 6.09. The summed E-state index contributed by atoms with van der Waals surface area (Å²) in [5.41, 5.74) is 1.24. The van der Waals surface area contributed by atoms with Gasteiger partial charge in [-0.05, 0) is 32.6 Å². The van der Waals surface area contributed by atoms with E-state index in [0.717, 1.165) is 35.3 Å². The molecular formula is C22H25N5O2. The Morgan fingerprint density at radius 2 is 2.03 bits per heavy atom. The maximum absolute atomic E-state index is 12.7. The highest BCUT2D eigenvalue weighted by atomic mass is 16.5. The summed E-state index contributed by atoms with van der Waals surface area (Å²) >= 11 is 0. The summed E-state index contributed by atoms with van der Waals surface area (Å²) in [6, 6.07) is 13.6. The predicted molar refractivity (Wildman–Crippen MR) is 113 cm³/mol. The molecule has 0 unspecified atom stereocenters. The zero-order valence-electron chi connectivity index (χ0n) is 16.8. The van der Waals surface area contributed by atoms with Crippen molar-refractivity contribution in [2.45, 2.75) is 19.4 Å². The second kappa shape index (κ2) is 9.71. The largest absolute Gasteiger partial charge is 0.493 e. The van der Waals surface area contributed by atoms with Crippen LogP contribution >= 0.6 is 0 Å². The quantitative estimate of drug-likeness (QED) is 0.564. The molecule has 7 heteroatoms. The van der Waals surface area contributed by atoms with Gasteiger partial charge in [0.05, 0.1) is 31.0 Å². The summed E-state index contributed by atoms with van der Waals surface area (Å²) < 4.78 is 7.60. The Labute approximate surface area is 170 Å². The Morgan fingerprint density at radius 1 is 1.24 bits per heavy atom. The summed E-state index contributed by atoms with van der Waals surface area (Å²) in [4.78, 5) is 14.8. The van der Waals surface area contributed by atoms with E-state index in [-0.39, 0.29) is 5.91 Å². The van der Waals surface area contributed by atoms with Crippen molar-refractivity contribution in [3.8, 4) is 11.8 Å². The monoisotopic (exact) mass is 391 g/mol. The topological polar surface area (TPSA) is 83.2 Å². The predicted octanol–water partition coefficient (Wildman–Crippen LogP) is 3.53. The molecule has 3 aromatic rings. The summed E-state index contributed by atoms with van der Waals surface area (Å²) in [6.07, 6.45) is 4.49. The van der Waals surface area contributed by atoms with E-state index in [1.54, 1.807) is 17.1 Å². The number of hydrogen-bond donors (Lipinski definition) is 1. The van der Waals surface area contributed by atoms with Crippen LogP contribution in [0.1, 0.15) is 23.2 Å². The Morgan fingerprint density at radius 3 is 2.79 bits per heavy atom. The van der Waals surface area contributed by atoms with E-state index < -0.39 is 0 Å². The van der Waals surface area contributed by atoms with Crippen LogP contribution in [0, 0.1) is 11.3 Å². The lowest BCUT2D eigenvalue weighted by Gasteiger charge is -2.13. The molecule has 1 heterocycles. The second-order valence-corrected chi connectivity index (χ2v) is 7.02. The van der Waals surface area contributed by atoms with Gasteiger partial charge in [0, 0.05) is 35.6 Å². The van der Waals surface area contributed by atoms with Crippen LogP contribution in [-0.2, 0) is 6.54 Å². The molecule has 0 bridgehead atoms. The highest BCUT2D eigenvalue weighted by Gasteiger charge is 2.13. The molecule has 0 aliphatic rings. The number of unbranched alkanes of at least 4 members (excludes halogenated alkanes) is 1. The molecule has 0 aliphatic carbocycles. The summed E-state index contributed by atoms with van der Waals surface area (Å²) in [5.74, 6) is 0.544. The molecule has 0 aliphatic heterocycles. The van der Waals surface area contributed by atoms with Gasteiger partial charge in [-0.3, -0.25) is 9.48 Å². The fourth-order valence-electron chi connectivity index (χ4n) is 2.94. The minimum atomic E-state index is -0.200. The maximum Gasteiger partial charge on any atom is 0.258 e. The molecule has 29 heavy (non-hydrogen) atoms. The number of nitriles is 1. The first kappa shape index (κ1) is 20.4. The van der Waals surface area contributed by atoms with Gasteiger partial charge >= 0.3 is 0 Å². The average molecular weight is 391 g/mol. The lowest BCUT2D eigenvalue weighted by molar-refractivity contribution is 0.102. The smallest absolute Gasteiger partial charge is 0.258 e. The number of nitrogens with zero attached hydrogens (tertiary/aromatic N) is 4. The van der Waals surface area contributed by atoms with Gasteiger partial charge < -0.3 is 15.0 Å². The van der Waals surface area contributed by atoms with E-state index in [1.807, 2.05) is 50.5 Å². The van der Waals surface area contributed by atoms with E-state index in [0.29, 0.717) is 25.0 Å². The number of rotatable bonds is 9. The van der Waals surface area contributed by atoms with E-state index in [9.17, 15) is 4.79 Å².